The lowest BCUT2D eigenvalue weighted by Crippen LogP contribution is -2.41. The van der Waals surface area contributed by atoms with E-state index in [1.54, 1.807) is 0 Å². The molecule has 0 aromatic carbocycles. The smallest absolute Gasteiger partial charge is 0.336 e. The molecule has 0 saturated carbocycles. The summed E-state index contributed by atoms with van der Waals surface area (Å²) in [4.78, 5) is 31.8. The van der Waals surface area contributed by atoms with Gasteiger partial charge in [0.1, 0.15) is 11.6 Å². The van der Waals surface area contributed by atoms with Crippen molar-refractivity contribution in [1.82, 2.24) is 0 Å². The predicted molar refractivity (Wildman–Crippen MR) is 43.2 cm³/mol. The molecule has 0 fully saturated rings. The first kappa shape index (κ1) is 11.8. The Morgan fingerprint density at radius 3 is 1.54 bits per heavy atom. The number of hydrogen-bond acceptors (Lipinski definition) is 4. The molecule has 13 heavy (non-hydrogen) atoms. The highest BCUT2D eigenvalue weighted by molar-refractivity contribution is 5.91. The van der Waals surface area contributed by atoms with E-state index in [0.29, 0.717) is 0 Å². The van der Waals surface area contributed by atoms with Crippen LogP contribution in [0.2, 0.25) is 0 Å². The van der Waals surface area contributed by atoms with Crippen LogP contribution in [0.3, 0.4) is 0 Å². The van der Waals surface area contributed by atoms with Crippen molar-refractivity contribution < 1.29 is 24.6 Å². The Morgan fingerprint density at radius 1 is 1.08 bits per heavy atom. The summed E-state index contributed by atoms with van der Waals surface area (Å²) in [5.41, 5.74) is -2.24. The third-order valence-electron chi connectivity index (χ3n) is 1.48. The van der Waals surface area contributed by atoms with Gasteiger partial charge >= 0.3 is 5.97 Å². The second-order valence-electron chi connectivity index (χ2n) is 3.09. The standard InChI is InChI=1S/C8H12O5/c1-5(9)3-8(13,7(11)12)4-6(2)10/h13H,3-4H2,1-2H3,(H,11,12). The lowest BCUT2D eigenvalue weighted by molar-refractivity contribution is -0.163. The first-order chi connectivity index (χ1) is 5.78. The second-order valence-corrected chi connectivity index (χ2v) is 3.09. The summed E-state index contributed by atoms with van der Waals surface area (Å²) in [6.07, 6.45) is -1.08. The van der Waals surface area contributed by atoms with E-state index in [9.17, 15) is 19.5 Å². The molecule has 0 aromatic heterocycles. The first-order valence-corrected chi connectivity index (χ1v) is 3.72. The lowest BCUT2D eigenvalue weighted by Gasteiger charge is -2.20. The Kier molecular flexibility index (Phi) is 3.74. The maximum atomic E-state index is 10.6. The number of rotatable bonds is 5. The number of Topliss-reactive ketones (excluding diaryl/α,β-unsaturated/α-hetero) is 2. The topological polar surface area (TPSA) is 91.7 Å². The van der Waals surface area contributed by atoms with Gasteiger partial charge < -0.3 is 10.2 Å². The maximum Gasteiger partial charge on any atom is 0.336 e. The van der Waals surface area contributed by atoms with E-state index in [-0.39, 0.29) is 0 Å². The predicted octanol–water partition coefficient (Wildman–Crippen LogP) is -0.240. The number of hydrogen-bond donors (Lipinski definition) is 2. The van der Waals surface area contributed by atoms with Crippen LogP contribution >= 0.6 is 0 Å². The Morgan fingerprint density at radius 2 is 1.38 bits per heavy atom. The highest BCUT2D eigenvalue weighted by Crippen LogP contribution is 2.16. The highest BCUT2D eigenvalue weighted by Gasteiger charge is 2.38. The van der Waals surface area contributed by atoms with E-state index >= 15 is 0 Å². The minimum Gasteiger partial charge on any atom is -0.479 e. The molecule has 0 rings (SSSR count). The molecule has 2 N–H and O–H groups in total. The van der Waals surface area contributed by atoms with Crippen LogP contribution < -0.4 is 0 Å². The Bertz CT molecular complexity index is 227. The normalized spacial score (nSPS) is 11.0. The van der Waals surface area contributed by atoms with Gasteiger partial charge in [-0.1, -0.05) is 0 Å². The second kappa shape index (κ2) is 4.13. The van der Waals surface area contributed by atoms with Gasteiger partial charge in [-0.2, -0.15) is 0 Å². The van der Waals surface area contributed by atoms with Crippen molar-refractivity contribution in [2.45, 2.75) is 32.3 Å². The van der Waals surface area contributed by atoms with Crippen LogP contribution in [0.1, 0.15) is 26.7 Å². The van der Waals surface area contributed by atoms with E-state index in [0.717, 1.165) is 13.8 Å². The zero-order valence-electron chi connectivity index (χ0n) is 7.53. The molecule has 0 aliphatic heterocycles. The Hall–Kier alpha value is -1.23. The van der Waals surface area contributed by atoms with Crippen molar-refractivity contribution in [2.24, 2.45) is 0 Å². The van der Waals surface area contributed by atoms with Crippen LogP contribution in [-0.2, 0) is 14.4 Å². The summed E-state index contributed by atoms with van der Waals surface area (Å²) < 4.78 is 0. The quantitative estimate of drug-likeness (QED) is 0.621. The van der Waals surface area contributed by atoms with E-state index in [4.69, 9.17) is 5.11 Å². The molecule has 0 radical (unpaired) electrons. The fraction of sp³-hybridized carbons (Fsp3) is 0.625. The van der Waals surface area contributed by atoms with Gasteiger partial charge in [0, 0.05) is 12.8 Å². The minimum absolute atomic E-state index is 0.467. The summed E-state index contributed by atoms with van der Waals surface area (Å²) in [7, 11) is 0. The molecule has 0 unspecified atom stereocenters. The molecule has 0 aromatic rings. The van der Waals surface area contributed by atoms with Crippen molar-refractivity contribution >= 4 is 17.5 Å². The molecule has 0 heterocycles. The molecule has 0 spiro atoms. The molecular weight excluding hydrogens is 176 g/mol. The molecular formula is C8H12O5. The van der Waals surface area contributed by atoms with Crippen molar-refractivity contribution in [3.05, 3.63) is 0 Å². The van der Waals surface area contributed by atoms with Gasteiger partial charge in [-0.05, 0) is 13.8 Å². The third kappa shape index (κ3) is 3.80. The van der Waals surface area contributed by atoms with Crippen molar-refractivity contribution in [1.29, 1.82) is 0 Å². The van der Waals surface area contributed by atoms with Crippen molar-refractivity contribution in [3.63, 3.8) is 0 Å². The molecule has 74 valence electrons. The summed E-state index contributed by atoms with van der Waals surface area (Å²) in [5.74, 6) is -2.48. The average Bonchev–Trinajstić information content (AvgIpc) is 1.82. The van der Waals surface area contributed by atoms with Crippen molar-refractivity contribution in [2.75, 3.05) is 0 Å². The van der Waals surface area contributed by atoms with Gasteiger partial charge in [-0.3, -0.25) is 9.59 Å². The monoisotopic (exact) mass is 188 g/mol. The zero-order valence-corrected chi connectivity index (χ0v) is 7.53. The summed E-state index contributed by atoms with van der Waals surface area (Å²) in [6.45, 7) is 2.32. The molecule has 5 nitrogen and oxygen atoms in total. The summed E-state index contributed by atoms with van der Waals surface area (Å²) in [5, 5.41) is 18.0. The molecule has 0 saturated heterocycles. The van der Waals surface area contributed by atoms with Crippen LogP contribution in [0.4, 0.5) is 0 Å². The fourth-order valence-electron chi connectivity index (χ4n) is 1.04. The van der Waals surface area contributed by atoms with Gasteiger partial charge in [-0.15, -0.1) is 0 Å². The van der Waals surface area contributed by atoms with Crippen LogP contribution in [0, 0.1) is 0 Å². The van der Waals surface area contributed by atoms with Crippen LogP contribution in [-0.4, -0.2) is 33.3 Å². The number of carbonyl (C=O) groups excluding carboxylic acids is 2. The number of aliphatic hydroxyl groups is 1. The zero-order chi connectivity index (χ0) is 10.6. The largest absolute Gasteiger partial charge is 0.479 e. The lowest BCUT2D eigenvalue weighted by atomic mass is 9.92. The van der Waals surface area contributed by atoms with Gasteiger partial charge in [0.2, 0.25) is 0 Å². The SMILES string of the molecule is CC(=O)CC(O)(CC(C)=O)C(=O)O. The number of carbonyl (C=O) groups is 3. The number of ketones is 2. The van der Waals surface area contributed by atoms with Gasteiger partial charge in [0.25, 0.3) is 0 Å². The number of carboxylic acids is 1. The fourth-order valence-corrected chi connectivity index (χ4v) is 1.04. The van der Waals surface area contributed by atoms with Crippen LogP contribution in [0.15, 0.2) is 0 Å². The molecule has 0 aliphatic carbocycles. The molecule has 0 atom stereocenters. The van der Waals surface area contributed by atoms with Gasteiger partial charge in [0.05, 0.1) is 0 Å². The maximum absolute atomic E-state index is 10.6. The van der Waals surface area contributed by atoms with Gasteiger partial charge in [0.15, 0.2) is 5.60 Å². The molecule has 5 heteroatoms. The van der Waals surface area contributed by atoms with E-state index in [1.165, 1.54) is 0 Å². The average molecular weight is 188 g/mol. The number of aliphatic carboxylic acids is 1. The molecule has 0 bridgehead atoms. The van der Waals surface area contributed by atoms with E-state index < -0.39 is 36.0 Å². The van der Waals surface area contributed by atoms with Gasteiger partial charge in [-0.25, -0.2) is 4.79 Å². The molecule has 0 aliphatic rings. The molecule has 0 amide bonds. The van der Waals surface area contributed by atoms with E-state index in [1.807, 2.05) is 0 Å². The van der Waals surface area contributed by atoms with Crippen LogP contribution in [0.5, 0.6) is 0 Å². The minimum atomic E-state index is -2.24. The Labute approximate surface area is 75.4 Å². The first-order valence-electron chi connectivity index (χ1n) is 3.72. The van der Waals surface area contributed by atoms with Crippen molar-refractivity contribution in [3.8, 4) is 0 Å². The third-order valence-corrected chi connectivity index (χ3v) is 1.48. The number of carboxylic acid groups (broad SMARTS) is 1. The Balaban J connectivity index is 4.62. The summed E-state index contributed by atoms with van der Waals surface area (Å²) in [6, 6.07) is 0. The highest BCUT2D eigenvalue weighted by atomic mass is 16.4. The van der Waals surface area contributed by atoms with E-state index in [2.05, 4.69) is 0 Å². The van der Waals surface area contributed by atoms with Crippen LogP contribution in [0.25, 0.3) is 0 Å². The summed E-state index contributed by atoms with van der Waals surface area (Å²) >= 11 is 0.